The van der Waals surface area contributed by atoms with Crippen LogP contribution in [0.15, 0.2) is 33.8 Å². The van der Waals surface area contributed by atoms with E-state index in [1.165, 1.54) is 0 Å². The molecule has 7 nitrogen and oxygen atoms in total. The summed E-state index contributed by atoms with van der Waals surface area (Å²) in [6.07, 6.45) is 6.33. The lowest BCUT2D eigenvalue weighted by molar-refractivity contribution is -0.746. The fourth-order valence-electron chi connectivity index (χ4n) is 3.17. The Balaban J connectivity index is 1.68. The Morgan fingerprint density at radius 2 is 2.38 bits per heavy atom. The third-order valence-corrected chi connectivity index (χ3v) is 5.14. The molecule has 4 aliphatic heterocycles. The lowest BCUT2D eigenvalue weighted by atomic mass is 10.1. The average molecular weight is 353 g/mol. The number of ether oxygens (including phenoxy) is 1. The Morgan fingerprint density at radius 3 is 3.24 bits per heavy atom. The molecule has 0 aliphatic carbocycles. The number of morpholine rings is 1. The van der Waals surface area contributed by atoms with E-state index in [0.29, 0.717) is 24.3 Å². The predicted molar refractivity (Wildman–Crippen MR) is 79.9 cm³/mol. The number of hydrogen-bond donors (Lipinski definition) is 1. The smallest absolute Gasteiger partial charge is 0.301 e. The van der Waals surface area contributed by atoms with Gasteiger partial charge in [-0.25, -0.2) is 0 Å². The first-order valence-corrected chi connectivity index (χ1v) is 7.67. The van der Waals surface area contributed by atoms with Gasteiger partial charge in [0.1, 0.15) is 18.0 Å². The van der Waals surface area contributed by atoms with E-state index < -0.39 is 0 Å². The molecule has 0 aromatic rings. The zero-order valence-corrected chi connectivity index (χ0v) is 12.9. The molecule has 4 aliphatic rings. The molecule has 3 atom stereocenters. The quantitative estimate of drug-likeness (QED) is 0.426. The van der Waals surface area contributed by atoms with Crippen molar-refractivity contribution >= 4 is 32.8 Å². The van der Waals surface area contributed by atoms with E-state index in [9.17, 15) is 4.79 Å². The van der Waals surface area contributed by atoms with Crippen LogP contribution in [0.1, 0.15) is 12.8 Å². The minimum Gasteiger partial charge on any atom is -0.368 e. The number of fused-ring (bicyclic) bond motifs is 2. The number of carbonyl (C=O) groups is 1. The van der Waals surface area contributed by atoms with Gasteiger partial charge >= 0.3 is 4.74 Å². The third-order valence-electron chi connectivity index (χ3n) is 4.37. The molecule has 0 radical (unpaired) electrons. The standard InChI is InChI=1S/C13H15BrN5O2/c14-13-17-12(9-5-16-3-4-19(9,13)15)10-6-18-8(7-21-10)1-2-11(18)20/h3-5,8,10H,1-2,6-7,15H2/q+1. The van der Waals surface area contributed by atoms with Crippen LogP contribution in [-0.4, -0.2) is 51.7 Å². The number of amides is 1. The van der Waals surface area contributed by atoms with Crippen LogP contribution in [0.2, 0.25) is 0 Å². The number of quaternary nitrogens is 1. The first kappa shape index (κ1) is 13.3. The van der Waals surface area contributed by atoms with Gasteiger partial charge in [0.2, 0.25) is 11.6 Å². The first-order valence-electron chi connectivity index (χ1n) is 6.88. The third kappa shape index (κ3) is 1.87. The number of rotatable bonds is 1. The van der Waals surface area contributed by atoms with Crippen LogP contribution in [0, 0.1) is 0 Å². The number of nitrogens with zero attached hydrogens (tertiary/aromatic N) is 4. The van der Waals surface area contributed by atoms with Gasteiger partial charge < -0.3 is 9.64 Å². The van der Waals surface area contributed by atoms with Crippen LogP contribution in [0.3, 0.4) is 0 Å². The maximum absolute atomic E-state index is 11.9. The minimum absolute atomic E-state index is 0.0317. The number of halogens is 1. The predicted octanol–water partition coefficient (Wildman–Crippen LogP) is 0.598. The highest BCUT2D eigenvalue weighted by Gasteiger charge is 2.47. The van der Waals surface area contributed by atoms with Gasteiger partial charge in [-0.05, 0) is 6.42 Å². The second-order valence-electron chi connectivity index (χ2n) is 5.57. The van der Waals surface area contributed by atoms with E-state index in [-0.39, 0.29) is 22.6 Å². The first-order chi connectivity index (χ1) is 10.1. The lowest BCUT2D eigenvalue weighted by Gasteiger charge is -2.35. The number of carbonyl (C=O) groups excluding carboxylic acids is 1. The zero-order chi connectivity index (χ0) is 14.6. The average Bonchev–Trinajstić information content (AvgIpc) is 2.98. The lowest BCUT2D eigenvalue weighted by Crippen LogP contribution is -2.51. The van der Waals surface area contributed by atoms with E-state index in [1.807, 2.05) is 4.90 Å². The van der Waals surface area contributed by atoms with Crippen molar-refractivity contribution in [2.75, 3.05) is 13.2 Å². The molecule has 2 saturated heterocycles. The van der Waals surface area contributed by atoms with Gasteiger partial charge in [-0.2, -0.15) is 10.8 Å². The van der Waals surface area contributed by atoms with Crippen molar-refractivity contribution in [2.45, 2.75) is 25.0 Å². The Morgan fingerprint density at radius 1 is 1.52 bits per heavy atom. The Hall–Kier alpha value is -1.35. The minimum atomic E-state index is -0.257. The largest absolute Gasteiger partial charge is 0.368 e. The van der Waals surface area contributed by atoms with Gasteiger partial charge in [-0.15, -0.1) is 4.59 Å². The molecule has 0 bridgehead atoms. The van der Waals surface area contributed by atoms with E-state index in [4.69, 9.17) is 10.6 Å². The van der Waals surface area contributed by atoms with Crippen LogP contribution >= 0.6 is 15.9 Å². The molecule has 8 heteroatoms. The highest BCUT2D eigenvalue weighted by molar-refractivity contribution is 9.18. The van der Waals surface area contributed by atoms with Gasteiger partial charge in [-0.1, -0.05) is 0 Å². The number of hydrogen-bond acceptors (Lipinski definition) is 5. The molecular weight excluding hydrogens is 338 g/mol. The SMILES string of the molecule is N[N+]12C=CN=CC1=C(C1CN3C(=O)CCC3CO1)N=C2Br. The molecule has 0 spiro atoms. The summed E-state index contributed by atoms with van der Waals surface area (Å²) in [6, 6.07) is 0.213. The van der Waals surface area contributed by atoms with Crippen LogP contribution in [0.4, 0.5) is 0 Å². The van der Waals surface area contributed by atoms with E-state index in [1.54, 1.807) is 18.6 Å². The van der Waals surface area contributed by atoms with Gasteiger partial charge in [-0.3, -0.25) is 9.79 Å². The van der Waals surface area contributed by atoms with Gasteiger partial charge in [0.05, 0.1) is 31.6 Å². The Bertz CT molecular complexity index is 640. The number of nitrogens with two attached hydrogens (primary N) is 1. The maximum Gasteiger partial charge on any atom is 0.301 e. The van der Waals surface area contributed by atoms with Gasteiger partial charge in [0.25, 0.3) is 0 Å². The molecule has 2 N–H and O–H groups in total. The summed E-state index contributed by atoms with van der Waals surface area (Å²) in [4.78, 5) is 22.5. The molecule has 4 heterocycles. The summed E-state index contributed by atoms with van der Waals surface area (Å²) in [5.41, 5.74) is 1.52. The van der Waals surface area contributed by atoms with Crippen molar-refractivity contribution in [1.29, 1.82) is 0 Å². The number of amidine groups is 1. The topological polar surface area (TPSA) is 80.3 Å². The van der Waals surface area contributed by atoms with E-state index in [0.717, 1.165) is 17.8 Å². The second-order valence-corrected chi connectivity index (χ2v) is 6.27. The van der Waals surface area contributed by atoms with Crippen LogP contribution in [0.5, 0.6) is 0 Å². The molecule has 0 aromatic heterocycles. The normalized spacial score (nSPS) is 37.9. The summed E-state index contributed by atoms with van der Waals surface area (Å²) in [5, 5.41) is 0. The molecule has 4 rings (SSSR count). The molecule has 1 amide bonds. The van der Waals surface area contributed by atoms with Crippen molar-refractivity contribution in [2.24, 2.45) is 15.8 Å². The highest BCUT2D eigenvalue weighted by atomic mass is 79.9. The number of allylic oxidation sites excluding steroid dienone is 1. The monoisotopic (exact) mass is 352 g/mol. The molecule has 21 heavy (non-hydrogen) atoms. The fourth-order valence-corrected chi connectivity index (χ4v) is 3.67. The fraction of sp³-hybridized carbons (Fsp3) is 0.462. The maximum atomic E-state index is 11.9. The van der Waals surface area contributed by atoms with Crippen molar-refractivity contribution in [1.82, 2.24) is 4.90 Å². The molecule has 0 aromatic carbocycles. The number of aliphatic imine (C=N–C) groups is 2. The molecular formula is C13H15BrN5O2+. The van der Waals surface area contributed by atoms with Crippen molar-refractivity contribution in [3.8, 4) is 0 Å². The van der Waals surface area contributed by atoms with E-state index in [2.05, 4.69) is 25.9 Å². The van der Waals surface area contributed by atoms with Gasteiger partial charge in [0.15, 0.2) is 0 Å². The van der Waals surface area contributed by atoms with Crippen LogP contribution in [-0.2, 0) is 9.53 Å². The molecule has 2 fully saturated rings. The van der Waals surface area contributed by atoms with Crippen LogP contribution in [0.25, 0.3) is 0 Å². The van der Waals surface area contributed by atoms with Crippen molar-refractivity contribution in [3.63, 3.8) is 0 Å². The molecule has 3 unspecified atom stereocenters. The van der Waals surface area contributed by atoms with Crippen LogP contribution < -0.4 is 5.84 Å². The zero-order valence-electron chi connectivity index (χ0n) is 11.3. The van der Waals surface area contributed by atoms with Crippen molar-refractivity contribution in [3.05, 3.63) is 23.8 Å². The Labute approximate surface area is 130 Å². The highest BCUT2D eigenvalue weighted by Crippen LogP contribution is 2.35. The molecule has 0 saturated carbocycles. The summed E-state index contributed by atoms with van der Waals surface area (Å²) in [6.45, 7) is 1.08. The Kier molecular flexibility index (Phi) is 2.90. The van der Waals surface area contributed by atoms with Gasteiger partial charge in [0, 0.05) is 22.4 Å². The molecule has 110 valence electrons. The second kappa shape index (κ2) is 4.57. The summed E-state index contributed by atoms with van der Waals surface area (Å²) >= 11 is 3.42. The summed E-state index contributed by atoms with van der Waals surface area (Å²) < 4.78 is 6.49. The van der Waals surface area contributed by atoms with Crippen molar-refractivity contribution < 1.29 is 14.1 Å². The summed E-state index contributed by atoms with van der Waals surface area (Å²) in [5.74, 6) is 6.53. The summed E-state index contributed by atoms with van der Waals surface area (Å²) in [7, 11) is 0. The van der Waals surface area contributed by atoms with E-state index >= 15 is 0 Å².